The van der Waals surface area contributed by atoms with Gasteiger partial charge in [-0.2, -0.15) is 5.10 Å². The van der Waals surface area contributed by atoms with Gasteiger partial charge in [0.25, 0.3) is 0 Å². The summed E-state index contributed by atoms with van der Waals surface area (Å²) in [7, 11) is 1.83. The average Bonchev–Trinajstić information content (AvgIpc) is 2.69. The van der Waals surface area contributed by atoms with E-state index >= 15 is 0 Å². The summed E-state index contributed by atoms with van der Waals surface area (Å²) in [6.45, 7) is 0. The number of aromatic nitrogens is 2. The summed E-state index contributed by atoms with van der Waals surface area (Å²) in [5, 5.41) is 4.91. The highest BCUT2D eigenvalue weighted by molar-refractivity contribution is 8.01. The highest BCUT2D eigenvalue weighted by atomic mass is 35.5. The number of anilines is 1. The van der Waals surface area contributed by atoms with Crippen molar-refractivity contribution >= 4 is 40.9 Å². The van der Waals surface area contributed by atoms with Crippen molar-refractivity contribution in [2.45, 2.75) is 9.79 Å². The monoisotopic (exact) mass is 299 g/mol. The summed E-state index contributed by atoms with van der Waals surface area (Å²) in [4.78, 5) is 2.27. The molecule has 2 N–H and O–H groups in total. The maximum Gasteiger partial charge on any atom is 0.129 e. The molecule has 1 aromatic heterocycles. The summed E-state index contributed by atoms with van der Waals surface area (Å²) >= 11 is 9.66. The molecule has 0 spiro atoms. The van der Waals surface area contributed by atoms with Crippen LogP contribution in [0, 0.1) is 0 Å². The third kappa shape index (κ3) is 2.35. The van der Waals surface area contributed by atoms with E-state index in [0.29, 0.717) is 5.82 Å². The summed E-state index contributed by atoms with van der Waals surface area (Å²) < 4.78 is 1.66. The van der Waals surface area contributed by atoms with E-state index in [1.807, 2.05) is 25.6 Å². The number of hydrogen-bond donors (Lipinski definition) is 1. The Bertz CT molecular complexity index is 581. The number of hydrogen-bond acceptors (Lipinski definition) is 4. The number of halogens is 1. The van der Waals surface area contributed by atoms with Crippen LogP contribution < -0.4 is 5.73 Å². The maximum absolute atomic E-state index is 6.32. The second-order valence-electron chi connectivity index (χ2n) is 3.76. The molecular formula is C12H14ClN3S2. The SMILES string of the molecule is CSc1cc(-c2cnn(C)c2N)cc(Cl)c1SC. The Morgan fingerprint density at radius 2 is 2.00 bits per heavy atom. The van der Waals surface area contributed by atoms with Crippen LogP contribution in [0.1, 0.15) is 0 Å². The van der Waals surface area contributed by atoms with Gasteiger partial charge in [0.1, 0.15) is 5.82 Å². The third-order valence-corrected chi connectivity index (χ3v) is 4.88. The molecule has 0 fully saturated rings. The van der Waals surface area contributed by atoms with E-state index in [-0.39, 0.29) is 0 Å². The van der Waals surface area contributed by atoms with Gasteiger partial charge in [-0.15, -0.1) is 23.5 Å². The minimum atomic E-state index is 0.648. The van der Waals surface area contributed by atoms with E-state index in [0.717, 1.165) is 25.9 Å². The number of nitrogens with zero attached hydrogens (tertiary/aromatic N) is 2. The molecule has 6 heteroatoms. The highest BCUT2D eigenvalue weighted by Crippen LogP contribution is 2.39. The number of nitrogens with two attached hydrogens (primary N) is 1. The molecule has 0 saturated carbocycles. The molecule has 2 aromatic rings. The summed E-state index contributed by atoms with van der Waals surface area (Å²) in [6, 6.07) is 4.05. The van der Waals surface area contributed by atoms with Gasteiger partial charge in [-0.3, -0.25) is 4.68 Å². The lowest BCUT2D eigenvalue weighted by atomic mass is 10.1. The van der Waals surface area contributed by atoms with Crippen LogP contribution in [0.3, 0.4) is 0 Å². The van der Waals surface area contributed by atoms with Crippen LogP contribution in [0.5, 0.6) is 0 Å². The fourth-order valence-corrected chi connectivity index (χ4v) is 3.80. The molecule has 1 aromatic carbocycles. The van der Waals surface area contributed by atoms with Crippen LogP contribution in [-0.4, -0.2) is 22.3 Å². The van der Waals surface area contributed by atoms with Gasteiger partial charge in [-0.1, -0.05) is 11.6 Å². The Hall–Kier alpha value is -0.780. The number of benzene rings is 1. The van der Waals surface area contributed by atoms with Crippen LogP contribution in [0.25, 0.3) is 11.1 Å². The second kappa shape index (κ2) is 5.47. The number of aryl methyl sites for hydroxylation is 1. The zero-order chi connectivity index (χ0) is 13.3. The largest absolute Gasteiger partial charge is 0.383 e. The standard InChI is InChI=1S/C12H14ClN3S2/c1-16-12(14)8(6-15-16)7-4-9(13)11(18-3)10(5-7)17-2/h4-6H,14H2,1-3H3. The summed E-state index contributed by atoms with van der Waals surface area (Å²) in [6.07, 6.45) is 5.84. The van der Waals surface area contributed by atoms with Crippen LogP contribution >= 0.6 is 35.1 Å². The molecule has 0 amide bonds. The van der Waals surface area contributed by atoms with Crippen molar-refractivity contribution in [1.29, 1.82) is 0 Å². The van der Waals surface area contributed by atoms with Crippen molar-refractivity contribution in [2.75, 3.05) is 18.2 Å². The molecular weight excluding hydrogens is 286 g/mol. The van der Waals surface area contributed by atoms with E-state index in [1.54, 1.807) is 34.4 Å². The third-order valence-electron chi connectivity index (χ3n) is 2.73. The van der Waals surface area contributed by atoms with Crippen molar-refractivity contribution < 1.29 is 0 Å². The minimum absolute atomic E-state index is 0.648. The minimum Gasteiger partial charge on any atom is -0.383 e. The van der Waals surface area contributed by atoms with E-state index in [2.05, 4.69) is 11.2 Å². The smallest absolute Gasteiger partial charge is 0.129 e. The van der Waals surface area contributed by atoms with Gasteiger partial charge in [0.2, 0.25) is 0 Å². The number of thioether (sulfide) groups is 2. The molecule has 1 heterocycles. The Morgan fingerprint density at radius 3 is 2.50 bits per heavy atom. The van der Waals surface area contributed by atoms with Crippen LogP contribution in [0.4, 0.5) is 5.82 Å². The first kappa shape index (κ1) is 13.6. The van der Waals surface area contributed by atoms with Crippen molar-refractivity contribution in [3.8, 4) is 11.1 Å². The van der Waals surface area contributed by atoms with Gasteiger partial charge in [0, 0.05) is 22.4 Å². The zero-order valence-corrected chi connectivity index (χ0v) is 12.8. The van der Waals surface area contributed by atoms with Crippen molar-refractivity contribution in [3.05, 3.63) is 23.4 Å². The molecule has 3 nitrogen and oxygen atoms in total. The van der Waals surface area contributed by atoms with E-state index in [4.69, 9.17) is 17.3 Å². The number of nitrogen functional groups attached to an aromatic ring is 1. The van der Waals surface area contributed by atoms with Crippen molar-refractivity contribution in [3.63, 3.8) is 0 Å². The zero-order valence-electron chi connectivity index (χ0n) is 10.4. The predicted molar refractivity (Wildman–Crippen MR) is 81.6 cm³/mol. The molecule has 0 unspecified atom stereocenters. The van der Waals surface area contributed by atoms with Crippen LogP contribution in [-0.2, 0) is 7.05 Å². The van der Waals surface area contributed by atoms with Gasteiger partial charge in [0.05, 0.1) is 11.2 Å². The Morgan fingerprint density at radius 1 is 1.28 bits per heavy atom. The summed E-state index contributed by atoms with van der Waals surface area (Å²) in [5.41, 5.74) is 7.92. The van der Waals surface area contributed by atoms with E-state index in [1.165, 1.54) is 0 Å². The van der Waals surface area contributed by atoms with Gasteiger partial charge in [0.15, 0.2) is 0 Å². The van der Waals surface area contributed by atoms with E-state index in [9.17, 15) is 0 Å². The van der Waals surface area contributed by atoms with Gasteiger partial charge in [-0.05, 0) is 30.2 Å². The lowest BCUT2D eigenvalue weighted by Crippen LogP contribution is -1.98. The number of rotatable bonds is 3. The van der Waals surface area contributed by atoms with Gasteiger partial charge < -0.3 is 5.73 Å². The summed E-state index contributed by atoms with van der Waals surface area (Å²) in [5.74, 6) is 0.648. The molecule has 0 bridgehead atoms. The molecule has 0 aliphatic rings. The first-order valence-corrected chi connectivity index (χ1v) is 8.10. The molecule has 0 radical (unpaired) electrons. The molecule has 0 atom stereocenters. The lowest BCUT2D eigenvalue weighted by Gasteiger charge is -2.10. The van der Waals surface area contributed by atoms with Crippen molar-refractivity contribution in [2.24, 2.45) is 7.05 Å². The molecule has 0 aliphatic carbocycles. The van der Waals surface area contributed by atoms with E-state index < -0.39 is 0 Å². The lowest BCUT2D eigenvalue weighted by molar-refractivity contribution is 0.779. The Labute approximate surface area is 120 Å². The molecule has 18 heavy (non-hydrogen) atoms. The van der Waals surface area contributed by atoms with Crippen LogP contribution in [0.2, 0.25) is 5.02 Å². The second-order valence-corrected chi connectivity index (χ2v) is 5.83. The Balaban J connectivity index is 2.59. The molecule has 0 aliphatic heterocycles. The first-order chi connectivity index (χ1) is 8.58. The molecule has 0 saturated heterocycles. The van der Waals surface area contributed by atoms with Crippen LogP contribution in [0.15, 0.2) is 28.1 Å². The predicted octanol–water partition coefficient (Wildman–Crippen LogP) is 3.77. The van der Waals surface area contributed by atoms with Crippen molar-refractivity contribution in [1.82, 2.24) is 9.78 Å². The van der Waals surface area contributed by atoms with Gasteiger partial charge >= 0.3 is 0 Å². The normalized spacial score (nSPS) is 10.9. The molecule has 96 valence electrons. The quantitative estimate of drug-likeness (QED) is 0.876. The fraction of sp³-hybridized carbons (Fsp3) is 0.250. The topological polar surface area (TPSA) is 43.8 Å². The maximum atomic E-state index is 6.32. The average molecular weight is 300 g/mol. The molecule has 2 rings (SSSR count). The first-order valence-electron chi connectivity index (χ1n) is 5.27. The Kier molecular flexibility index (Phi) is 4.14. The fourth-order valence-electron chi connectivity index (χ4n) is 1.74. The highest BCUT2D eigenvalue weighted by Gasteiger charge is 2.13. The van der Waals surface area contributed by atoms with Gasteiger partial charge in [-0.25, -0.2) is 0 Å².